The summed E-state index contributed by atoms with van der Waals surface area (Å²) in [5.41, 5.74) is 4.09. The Morgan fingerprint density at radius 1 is 1.27 bits per heavy atom. The third-order valence-electron chi connectivity index (χ3n) is 2.13. The van der Waals surface area contributed by atoms with Gasteiger partial charge in [-0.1, -0.05) is 30.3 Å². The second-order valence-electron chi connectivity index (χ2n) is 4.09. The number of benzene rings is 1. The van der Waals surface area contributed by atoms with Crippen LogP contribution in [0.15, 0.2) is 41.4 Å². The monoisotopic (exact) mass is 221 g/mol. The van der Waals surface area contributed by atoms with E-state index in [0.717, 1.165) is 10.8 Å². The van der Waals surface area contributed by atoms with Gasteiger partial charge < -0.3 is 0 Å². The Hall–Kier alpha value is -0.930. The summed E-state index contributed by atoms with van der Waals surface area (Å²) in [7, 11) is 0. The minimum Gasteiger partial charge on any atom is -0.265 e. The molecule has 1 aromatic carbocycles. The van der Waals surface area contributed by atoms with Gasteiger partial charge in [0.2, 0.25) is 0 Å². The van der Waals surface area contributed by atoms with Crippen LogP contribution < -0.4 is 5.48 Å². The van der Waals surface area contributed by atoms with E-state index in [-0.39, 0.29) is 5.60 Å². The molecule has 0 fully saturated rings. The summed E-state index contributed by atoms with van der Waals surface area (Å²) in [6, 6.07) is 10.4. The lowest BCUT2D eigenvalue weighted by atomic mass is 10.1. The van der Waals surface area contributed by atoms with Crippen LogP contribution in [0.25, 0.3) is 0 Å². The van der Waals surface area contributed by atoms with Gasteiger partial charge in [0, 0.05) is 5.75 Å². The molecule has 0 bridgehead atoms. The number of rotatable bonds is 3. The Morgan fingerprint density at radius 2 is 2.00 bits per heavy atom. The van der Waals surface area contributed by atoms with Crippen molar-refractivity contribution >= 4 is 11.8 Å². The van der Waals surface area contributed by atoms with Crippen molar-refractivity contribution in [2.45, 2.75) is 25.2 Å². The van der Waals surface area contributed by atoms with E-state index in [1.165, 1.54) is 5.56 Å². The molecule has 0 unspecified atom stereocenters. The van der Waals surface area contributed by atoms with Crippen molar-refractivity contribution in [1.29, 1.82) is 0 Å². The van der Waals surface area contributed by atoms with Crippen LogP contribution in [-0.2, 0) is 10.6 Å². The standard InChI is InChI=1S/C12H15NOS/c1-12(2)8-11(13-14-12)15-9-10-6-4-3-5-7-10/h3-8,13H,9H2,1-2H3. The maximum atomic E-state index is 5.38. The molecule has 1 N–H and O–H groups in total. The van der Waals surface area contributed by atoms with Gasteiger partial charge >= 0.3 is 0 Å². The Labute approximate surface area is 94.7 Å². The normalized spacial score (nSPS) is 18.4. The van der Waals surface area contributed by atoms with E-state index in [4.69, 9.17) is 4.84 Å². The van der Waals surface area contributed by atoms with Crippen molar-refractivity contribution in [3.05, 3.63) is 47.0 Å². The molecule has 0 saturated heterocycles. The van der Waals surface area contributed by atoms with Gasteiger partial charge in [0.1, 0.15) is 5.60 Å². The van der Waals surface area contributed by atoms with Crippen LogP contribution in [0.4, 0.5) is 0 Å². The van der Waals surface area contributed by atoms with Gasteiger partial charge in [-0.05, 0) is 25.5 Å². The first-order valence-corrected chi connectivity index (χ1v) is 5.98. The fourth-order valence-electron chi connectivity index (χ4n) is 1.36. The number of nitrogens with one attached hydrogen (secondary N) is 1. The molecule has 1 aliphatic rings. The molecule has 3 heteroatoms. The summed E-state index contributed by atoms with van der Waals surface area (Å²) in [6.45, 7) is 4.08. The summed E-state index contributed by atoms with van der Waals surface area (Å²) in [6.07, 6.45) is 2.11. The summed E-state index contributed by atoms with van der Waals surface area (Å²) in [4.78, 5) is 5.38. The van der Waals surface area contributed by atoms with Gasteiger partial charge in [-0.15, -0.1) is 11.8 Å². The Kier molecular flexibility index (Phi) is 3.03. The van der Waals surface area contributed by atoms with Gasteiger partial charge in [0.05, 0.1) is 5.03 Å². The van der Waals surface area contributed by atoms with Gasteiger partial charge in [-0.2, -0.15) is 0 Å². The highest BCUT2D eigenvalue weighted by atomic mass is 32.2. The van der Waals surface area contributed by atoms with Crippen LogP contribution in [-0.4, -0.2) is 5.60 Å². The molecule has 15 heavy (non-hydrogen) atoms. The third-order valence-corrected chi connectivity index (χ3v) is 3.12. The summed E-state index contributed by atoms with van der Waals surface area (Å²) >= 11 is 1.76. The first-order chi connectivity index (χ1) is 7.16. The fraction of sp³-hybridized carbons (Fsp3) is 0.333. The van der Waals surface area contributed by atoms with Gasteiger partial charge in [-0.3, -0.25) is 10.3 Å². The molecule has 1 aliphatic heterocycles. The minimum atomic E-state index is -0.182. The molecule has 0 aromatic heterocycles. The fourth-order valence-corrected chi connectivity index (χ4v) is 2.35. The van der Waals surface area contributed by atoms with Crippen molar-refractivity contribution in [1.82, 2.24) is 5.48 Å². The summed E-state index contributed by atoms with van der Waals surface area (Å²) in [5, 5.41) is 1.10. The molecule has 2 rings (SSSR count). The third kappa shape index (κ3) is 3.01. The first-order valence-electron chi connectivity index (χ1n) is 4.99. The zero-order valence-electron chi connectivity index (χ0n) is 8.99. The molecular weight excluding hydrogens is 206 g/mol. The topological polar surface area (TPSA) is 21.3 Å². The lowest BCUT2D eigenvalue weighted by molar-refractivity contribution is -0.0126. The quantitative estimate of drug-likeness (QED) is 0.847. The molecule has 0 atom stereocenters. The molecule has 1 aromatic rings. The molecule has 1 heterocycles. The maximum Gasteiger partial charge on any atom is 0.111 e. The van der Waals surface area contributed by atoms with Crippen LogP contribution in [0.1, 0.15) is 19.4 Å². The Balaban J connectivity index is 1.90. The largest absolute Gasteiger partial charge is 0.265 e. The van der Waals surface area contributed by atoms with Crippen molar-refractivity contribution < 1.29 is 4.84 Å². The number of hydroxylamine groups is 1. The number of hydrogen-bond acceptors (Lipinski definition) is 3. The Morgan fingerprint density at radius 3 is 2.60 bits per heavy atom. The van der Waals surface area contributed by atoms with Gasteiger partial charge in [-0.25, -0.2) is 0 Å². The SMILES string of the molecule is CC1(C)C=C(SCc2ccccc2)NO1. The maximum absolute atomic E-state index is 5.38. The zero-order chi connectivity index (χ0) is 10.7. The highest BCUT2D eigenvalue weighted by Crippen LogP contribution is 2.27. The van der Waals surface area contributed by atoms with E-state index in [2.05, 4.69) is 35.8 Å². The highest BCUT2D eigenvalue weighted by Gasteiger charge is 2.23. The summed E-state index contributed by atoms with van der Waals surface area (Å²) in [5.74, 6) is 0.971. The lowest BCUT2D eigenvalue weighted by Crippen LogP contribution is -2.20. The van der Waals surface area contributed by atoms with E-state index >= 15 is 0 Å². The van der Waals surface area contributed by atoms with Crippen LogP contribution in [0.5, 0.6) is 0 Å². The van der Waals surface area contributed by atoms with E-state index in [0.29, 0.717) is 0 Å². The molecule has 2 nitrogen and oxygen atoms in total. The first kappa shape index (κ1) is 10.6. The molecular formula is C12H15NOS. The zero-order valence-corrected chi connectivity index (χ0v) is 9.80. The number of thioether (sulfide) groups is 1. The Bertz CT molecular complexity index is 359. The van der Waals surface area contributed by atoms with E-state index in [1.807, 2.05) is 19.9 Å². The molecule has 80 valence electrons. The van der Waals surface area contributed by atoms with Crippen LogP contribution in [0, 0.1) is 0 Å². The highest BCUT2D eigenvalue weighted by molar-refractivity contribution is 8.02. The minimum absolute atomic E-state index is 0.182. The number of hydrogen-bond donors (Lipinski definition) is 1. The van der Waals surface area contributed by atoms with Crippen LogP contribution in [0.2, 0.25) is 0 Å². The molecule has 0 saturated carbocycles. The molecule has 0 radical (unpaired) electrons. The van der Waals surface area contributed by atoms with Gasteiger partial charge in [0.15, 0.2) is 0 Å². The van der Waals surface area contributed by atoms with Crippen molar-refractivity contribution in [3.8, 4) is 0 Å². The second-order valence-corrected chi connectivity index (χ2v) is 5.11. The predicted molar refractivity (Wildman–Crippen MR) is 64.1 cm³/mol. The van der Waals surface area contributed by atoms with Crippen molar-refractivity contribution in [3.63, 3.8) is 0 Å². The van der Waals surface area contributed by atoms with Crippen LogP contribution >= 0.6 is 11.8 Å². The van der Waals surface area contributed by atoms with Crippen LogP contribution in [0.3, 0.4) is 0 Å². The molecule has 0 spiro atoms. The second kappa shape index (κ2) is 4.29. The average Bonchev–Trinajstić information content (AvgIpc) is 2.57. The molecule has 0 amide bonds. The van der Waals surface area contributed by atoms with Gasteiger partial charge in [0.25, 0.3) is 0 Å². The van der Waals surface area contributed by atoms with E-state index in [1.54, 1.807) is 11.8 Å². The van der Waals surface area contributed by atoms with Crippen molar-refractivity contribution in [2.75, 3.05) is 0 Å². The lowest BCUT2D eigenvalue weighted by Gasteiger charge is -2.11. The predicted octanol–water partition coefficient (Wildman–Crippen LogP) is 3.07. The molecule has 0 aliphatic carbocycles. The smallest absolute Gasteiger partial charge is 0.111 e. The average molecular weight is 221 g/mol. The summed E-state index contributed by atoms with van der Waals surface area (Å²) < 4.78 is 0. The van der Waals surface area contributed by atoms with E-state index in [9.17, 15) is 0 Å². The van der Waals surface area contributed by atoms with E-state index < -0.39 is 0 Å². The van der Waals surface area contributed by atoms with Crippen molar-refractivity contribution in [2.24, 2.45) is 0 Å².